The second-order valence-electron chi connectivity index (χ2n) is 7.13. The van der Waals surface area contributed by atoms with Crippen molar-refractivity contribution in [3.8, 4) is 0 Å². The van der Waals surface area contributed by atoms with E-state index in [0.717, 1.165) is 5.56 Å². The number of nitrogens with one attached hydrogen (secondary N) is 2. The van der Waals surface area contributed by atoms with Gasteiger partial charge in [-0.05, 0) is 37.7 Å². The van der Waals surface area contributed by atoms with Crippen molar-refractivity contribution in [2.24, 2.45) is 4.99 Å². The molecule has 0 aliphatic carbocycles. The zero-order valence-electron chi connectivity index (χ0n) is 16.4. The maximum atomic E-state index is 12.6. The Labute approximate surface area is 182 Å². The third-order valence-corrected chi connectivity index (χ3v) is 8.07. The van der Waals surface area contributed by atoms with Crippen LogP contribution in [0.5, 0.6) is 0 Å². The largest absolute Gasteiger partial charge is 0.359 e. The van der Waals surface area contributed by atoms with E-state index in [1.807, 2.05) is 31.2 Å². The lowest BCUT2D eigenvalue weighted by Crippen LogP contribution is -2.45. The summed E-state index contributed by atoms with van der Waals surface area (Å²) in [5.74, 6) is -0.00327. The van der Waals surface area contributed by atoms with Crippen LogP contribution in [0.3, 0.4) is 0 Å². The van der Waals surface area contributed by atoms with Crippen LogP contribution in [0.1, 0.15) is 17.5 Å². The molecule has 1 saturated heterocycles. The Bertz CT molecular complexity index is 1140. The summed E-state index contributed by atoms with van der Waals surface area (Å²) in [7, 11) is -6.66. The summed E-state index contributed by atoms with van der Waals surface area (Å²) in [5, 5.41) is 6.13. The van der Waals surface area contributed by atoms with E-state index in [4.69, 9.17) is 12.2 Å². The molecule has 0 saturated carbocycles. The fourth-order valence-electron chi connectivity index (χ4n) is 3.00. The minimum absolute atomic E-state index is 0.0220. The average molecular weight is 466 g/mol. The van der Waals surface area contributed by atoms with Crippen LogP contribution in [0, 0.1) is 6.92 Å². The lowest BCUT2D eigenvalue weighted by atomic mass is 10.1. The first kappa shape index (κ1) is 22.4. The Kier molecular flexibility index (Phi) is 6.89. The van der Waals surface area contributed by atoms with Gasteiger partial charge in [0.25, 0.3) is 0 Å². The van der Waals surface area contributed by atoms with Gasteiger partial charge in [-0.25, -0.2) is 16.8 Å². The molecule has 0 aromatic heterocycles. The van der Waals surface area contributed by atoms with E-state index in [1.54, 1.807) is 18.2 Å². The fraction of sp³-hybridized carbons (Fsp3) is 0.300. The van der Waals surface area contributed by atoms with Crippen LogP contribution < -0.4 is 10.6 Å². The Morgan fingerprint density at radius 3 is 2.40 bits per heavy atom. The molecule has 0 amide bonds. The molecule has 3 rings (SSSR count). The van der Waals surface area contributed by atoms with Crippen molar-refractivity contribution in [3.63, 3.8) is 0 Å². The SMILES string of the molecule is Cc1ccc(C(=NCS(=O)(=O)c2ccccc2)NC(=S)N[C@@H]2CCS(=O)(=O)C2)cc1. The molecule has 160 valence electrons. The Hall–Kier alpha value is -2.30. The molecule has 0 spiro atoms. The minimum Gasteiger partial charge on any atom is -0.359 e. The van der Waals surface area contributed by atoms with Crippen LogP contribution in [0.2, 0.25) is 0 Å². The highest BCUT2D eigenvalue weighted by atomic mass is 32.2. The van der Waals surface area contributed by atoms with Gasteiger partial charge < -0.3 is 10.6 Å². The first-order chi connectivity index (χ1) is 14.1. The molecule has 2 N–H and O–H groups in total. The van der Waals surface area contributed by atoms with Gasteiger partial charge in [0.15, 0.2) is 24.8 Å². The number of nitrogens with zero attached hydrogens (tertiary/aromatic N) is 1. The molecule has 7 nitrogen and oxygen atoms in total. The van der Waals surface area contributed by atoms with Gasteiger partial charge in [-0.2, -0.15) is 0 Å². The van der Waals surface area contributed by atoms with E-state index < -0.39 is 25.6 Å². The van der Waals surface area contributed by atoms with E-state index in [9.17, 15) is 16.8 Å². The Balaban J connectivity index is 1.79. The molecule has 0 unspecified atom stereocenters. The van der Waals surface area contributed by atoms with Gasteiger partial charge in [0.05, 0.1) is 16.4 Å². The van der Waals surface area contributed by atoms with E-state index in [2.05, 4.69) is 15.6 Å². The Morgan fingerprint density at radius 1 is 1.13 bits per heavy atom. The van der Waals surface area contributed by atoms with Crippen LogP contribution in [-0.2, 0) is 19.7 Å². The molecule has 0 bridgehead atoms. The van der Waals surface area contributed by atoms with Crippen molar-refractivity contribution in [2.75, 3.05) is 17.4 Å². The van der Waals surface area contributed by atoms with E-state index in [-0.39, 0.29) is 27.6 Å². The van der Waals surface area contributed by atoms with Gasteiger partial charge in [0, 0.05) is 11.6 Å². The Morgan fingerprint density at radius 2 is 1.80 bits per heavy atom. The van der Waals surface area contributed by atoms with Crippen molar-refractivity contribution in [3.05, 3.63) is 65.7 Å². The predicted octanol–water partition coefficient (Wildman–Crippen LogP) is 1.82. The molecular formula is C20H23N3O4S3. The molecule has 1 atom stereocenters. The number of sulfone groups is 2. The summed E-state index contributed by atoms with van der Waals surface area (Å²) in [6.45, 7) is 1.95. The van der Waals surface area contributed by atoms with E-state index in [1.165, 1.54) is 12.1 Å². The molecule has 2 aromatic rings. The molecule has 30 heavy (non-hydrogen) atoms. The first-order valence-electron chi connectivity index (χ1n) is 9.32. The first-order valence-corrected chi connectivity index (χ1v) is 13.2. The number of rotatable bonds is 5. The van der Waals surface area contributed by atoms with E-state index in [0.29, 0.717) is 17.8 Å². The number of benzene rings is 2. The summed E-state index contributed by atoms with van der Waals surface area (Å²) in [6, 6.07) is 15.2. The summed E-state index contributed by atoms with van der Waals surface area (Å²) < 4.78 is 48.5. The van der Waals surface area contributed by atoms with E-state index >= 15 is 0 Å². The molecular weight excluding hydrogens is 442 g/mol. The highest BCUT2D eigenvalue weighted by Gasteiger charge is 2.28. The molecule has 1 aliphatic rings. The summed E-state index contributed by atoms with van der Waals surface area (Å²) >= 11 is 5.32. The van der Waals surface area contributed by atoms with Crippen molar-refractivity contribution in [1.82, 2.24) is 10.6 Å². The molecule has 1 fully saturated rings. The number of hydrogen-bond acceptors (Lipinski definition) is 6. The maximum Gasteiger partial charge on any atom is 0.198 e. The van der Waals surface area contributed by atoms with Crippen LogP contribution >= 0.6 is 12.2 Å². The summed E-state index contributed by atoms with van der Waals surface area (Å²) in [5.41, 5.74) is 1.72. The van der Waals surface area contributed by atoms with Crippen molar-refractivity contribution >= 4 is 42.8 Å². The maximum absolute atomic E-state index is 12.6. The van der Waals surface area contributed by atoms with Crippen molar-refractivity contribution in [1.29, 1.82) is 0 Å². The lowest BCUT2D eigenvalue weighted by Gasteiger charge is -2.16. The van der Waals surface area contributed by atoms with Gasteiger partial charge in [0.2, 0.25) is 0 Å². The molecule has 2 aromatic carbocycles. The number of amidine groups is 1. The molecule has 10 heteroatoms. The zero-order valence-corrected chi connectivity index (χ0v) is 18.9. The van der Waals surface area contributed by atoms with Crippen LogP contribution in [0.4, 0.5) is 0 Å². The minimum atomic E-state index is -3.62. The highest BCUT2D eigenvalue weighted by Crippen LogP contribution is 2.13. The number of hydrogen-bond donors (Lipinski definition) is 2. The van der Waals surface area contributed by atoms with Crippen LogP contribution in [0.25, 0.3) is 0 Å². The van der Waals surface area contributed by atoms with Crippen LogP contribution in [-0.4, -0.2) is 51.2 Å². The van der Waals surface area contributed by atoms with Gasteiger partial charge in [0.1, 0.15) is 11.7 Å². The quantitative estimate of drug-likeness (QED) is 0.394. The topological polar surface area (TPSA) is 105 Å². The number of aliphatic imine (C=N–C) groups is 1. The standard InChI is InChI=1S/C20H23N3O4S3/c1-15-7-9-16(10-8-15)19(21-14-30(26,27)18-5-3-2-4-6-18)23-20(28)22-17-11-12-29(24,25)13-17/h2-10,17H,11-14H2,1H3,(H2,21,22,23,28)/t17-/m1/s1. The third kappa shape index (κ3) is 6.10. The summed E-state index contributed by atoms with van der Waals surface area (Å²) in [6.07, 6.45) is 0.476. The molecule has 1 aliphatic heterocycles. The van der Waals surface area contributed by atoms with Crippen LogP contribution in [0.15, 0.2) is 64.5 Å². The molecule has 0 radical (unpaired) electrons. The highest BCUT2D eigenvalue weighted by molar-refractivity contribution is 7.91. The van der Waals surface area contributed by atoms with Crippen molar-refractivity contribution < 1.29 is 16.8 Å². The fourth-order valence-corrected chi connectivity index (χ4v) is 5.96. The average Bonchev–Trinajstić information content (AvgIpc) is 3.04. The van der Waals surface area contributed by atoms with Crippen molar-refractivity contribution in [2.45, 2.75) is 24.3 Å². The smallest absolute Gasteiger partial charge is 0.198 e. The second-order valence-corrected chi connectivity index (χ2v) is 11.7. The van der Waals surface area contributed by atoms with Gasteiger partial charge in [-0.1, -0.05) is 48.0 Å². The second kappa shape index (κ2) is 9.23. The van der Waals surface area contributed by atoms with Gasteiger partial charge >= 0.3 is 0 Å². The zero-order chi connectivity index (χ0) is 21.8. The third-order valence-electron chi connectivity index (χ3n) is 4.62. The monoisotopic (exact) mass is 465 g/mol. The predicted molar refractivity (Wildman–Crippen MR) is 122 cm³/mol. The number of thiocarbonyl (C=S) groups is 1. The normalized spacial score (nSPS) is 18.7. The summed E-state index contributed by atoms with van der Waals surface area (Å²) in [4.78, 5) is 4.48. The van der Waals surface area contributed by atoms with Gasteiger partial charge in [-0.3, -0.25) is 4.99 Å². The number of aryl methyl sites for hydroxylation is 1. The van der Waals surface area contributed by atoms with Gasteiger partial charge in [-0.15, -0.1) is 0 Å². The molecule has 1 heterocycles. The lowest BCUT2D eigenvalue weighted by molar-refractivity contribution is 0.595.